The Morgan fingerprint density at radius 1 is 0.744 bits per heavy atom. The molecule has 0 radical (unpaired) electrons. The smallest absolute Gasteiger partial charge is 0.149 e. The van der Waals surface area contributed by atoms with Crippen LogP contribution in [0.2, 0.25) is 5.02 Å². The van der Waals surface area contributed by atoms with Crippen LogP contribution in [0.3, 0.4) is 0 Å². The van der Waals surface area contributed by atoms with Crippen LogP contribution in [-0.2, 0) is 5.41 Å². The van der Waals surface area contributed by atoms with Gasteiger partial charge in [0.05, 0.1) is 0 Å². The molecular weight excluding hydrogens is 540 g/mol. The quantitative estimate of drug-likeness (QED) is 0.163. The van der Waals surface area contributed by atoms with Gasteiger partial charge in [-0.15, -0.1) is 6.42 Å². The van der Waals surface area contributed by atoms with Gasteiger partial charge in [-0.2, -0.15) is 0 Å². The van der Waals surface area contributed by atoms with Gasteiger partial charge < -0.3 is 4.42 Å². The summed E-state index contributed by atoms with van der Waals surface area (Å²) in [6.45, 7) is 0. The minimum absolute atomic E-state index is 0.410. The molecule has 1 atom stereocenters. The first-order valence-corrected chi connectivity index (χ1v) is 15.0. The molecule has 1 aliphatic carbocycles. The standard InChI is InChI=1S/C38H28B3ClO/c1-2-33(39)36(41)35(40)31-22-38(24-9-4-3-5-10-24,32-21-26(42)19-20-28(31)32)25-17-15-23(16-18-25)27-12-8-13-30-29-11-6-7-14-34(29)43-37(27)30/h1,3-21H,22,39-41H2/b35-31-,36-33-. The molecule has 5 aromatic carbocycles. The Morgan fingerprint density at radius 2 is 1.44 bits per heavy atom. The molecule has 7 rings (SSSR count). The molecule has 0 saturated heterocycles. The average Bonchev–Trinajstić information content (AvgIpc) is 3.61. The number of halogens is 1. The first kappa shape index (κ1) is 27.3. The number of fused-ring (bicyclic) bond motifs is 4. The maximum absolute atomic E-state index is 6.72. The summed E-state index contributed by atoms with van der Waals surface area (Å²) in [5.41, 5.74) is 13.2. The zero-order valence-electron chi connectivity index (χ0n) is 24.5. The number of terminal acetylenes is 1. The van der Waals surface area contributed by atoms with E-state index in [0.29, 0.717) is 0 Å². The van der Waals surface area contributed by atoms with Gasteiger partial charge in [-0.05, 0) is 63.5 Å². The van der Waals surface area contributed by atoms with Crippen molar-refractivity contribution in [2.45, 2.75) is 11.8 Å². The molecule has 0 bridgehead atoms. The largest absolute Gasteiger partial charge is 0.455 e. The summed E-state index contributed by atoms with van der Waals surface area (Å²) in [6, 6.07) is 40.8. The summed E-state index contributed by atoms with van der Waals surface area (Å²) in [4.78, 5) is 0. The lowest BCUT2D eigenvalue weighted by Crippen LogP contribution is -2.26. The van der Waals surface area contributed by atoms with Crippen LogP contribution in [0.15, 0.2) is 136 Å². The first-order valence-electron chi connectivity index (χ1n) is 14.6. The molecule has 43 heavy (non-hydrogen) atoms. The predicted octanol–water partition coefficient (Wildman–Crippen LogP) is 7.10. The Labute approximate surface area is 260 Å². The van der Waals surface area contributed by atoms with Crippen LogP contribution < -0.4 is 0 Å². The minimum atomic E-state index is -0.410. The molecule has 0 aliphatic heterocycles. The van der Waals surface area contributed by atoms with Gasteiger partial charge in [-0.3, -0.25) is 0 Å². The normalized spacial score (nSPS) is 17.9. The van der Waals surface area contributed by atoms with Gasteiger partial charge in [-0.1, -0.05) is 126 Å². The molecule has 1 unspecified atom stereocenters. The predicted molar refractivity (Wildman–Crippen MR) is 190 cm³/mol. The molecule has 1 aliphatic rings. The van der Waals surface area contributed by atoms with Gasteiger partial charge in [0, 0.05) is 26.8 Å². The van der Waals surface area contributed by atoms with Crippen LogP contribution >= 0.6 is 11.6 Å². The van der Waals surface area contributed by atoms with Gasteiger partial charge >= 0.3 is 0 Å². The molecule has 6 aromatic rings. The zero-order chi connectivity index (χ0) is 29.7. The molecule has 0 amide bonds. The fourth-order valence-corrected chi connectivity index (χ4v) is 7.02. The number of hydrogen-bond donors (Lipinski definition) is 0. The lowest BCUT2D eigenvalue weighted by Gasteiger charge is -2.32. The highest BCUT2D eigenvalue weighted by Crippen LogP contribution is 2.55. The topological polar surface area (TPSA) is 13.1 Å². The minimum Gasteiger partial charge on any atom is -0.455 e. The van der Waals surface area contributed by atoms with E-state index in [0.717, 1.165) is 55.5 Å². The van der Waals surface area contributed by atoms with Crippen LogP contribution in [0.4, 0.5) is 0 Å². The fourth-order valence-electron chi connectivity index (χ4n) is 6.85. The van der Waals surface area contributed by atoms with E-state index >= 15 is 0 Å². The number of hydrogen-bond acceptors (Lipinski definition) is 1. The van der Waals surface area contributed by atoms with Crippen molar-refractivity contribution < 1.29 is 4.42 Å². The van der Waals surface area contributed by atoms with Crippen LogP contribution in [-0.4, -0.2) is 23.5 Å². The number of para-hydroxylation sites is 2. The highest BCUT2D eigenvalue weighted by molar-refractivity contribution is 6.43. The fraction of sp³-hybridized carbons (Fsp3) is 0.0526. The van der Waals surface area contributed by atoms with E-state index in [-0.39, 0.29) is 0 Å². The van der Waals surface area contributed by atoms with E-state index in [1.54, 1.807) is 0 Å². The lowest BCUT2D eigenvalue weighted by molar-refractivity contribution is 0.661. The number of rotatable bonds is 4. The van der Waals surface area contributed by atoms with E-state index in [1.165, 1.54) is 33.3 Å². The molecule has 0 saturated carbocycles. The van der Waals surface area contributed by atoms with E-state index in [4.69, 9.17) is 22.4 Å². The van der Waals surface area contributed by atoms with Crippen molar-refractivity contribution >= 4 is 62.7 Å². The van der Waals surface area contributed by atoms with Gasteiger partial charge in [-0.25, -0.2) is 0 Å². The Kier molecular flexibility index (Phi) is 6.73. The molecular formula is C38H28B3ClO. The van der Waals surface area contributed by atoms with Gasteiger partial charge in [0.2, 0.25) is 0 Å². The molecule has 202 valence electrons. The summed E-state index contributed by atoms with van der Waals surface area (Å²) in [5.74, 6) is 2.85. The number of furan rings is 1. The third-order valence-electron chi connectivity index (χ3n) is 9.36. The van der Waals surface area contributed by atoms with Crippen LogP contribution in [0, 0.1) is 12.3 Å². The molecule has 5 heteroatoms. The summed E-state index contributed by atoms with van der Waals surface area (Å²) < 4.78 is 6.37. The molecule has 1 nitrogen and oxygen atoms in total. The Bertz CT molecular complexity index is 2150. The van der Waals surface area contributed by atoms with Crippen molar-refractivity contribution in [3.05, 3.63) is 159 Å². The second kappa shape index (κ2) is 10.6. The molecule has 1 heterocycles. The SMILES string of the molecule is B/C(C#C)=C(B)/C(B)=C1\CC(c2ccccc2)(c2ccc(-c3cccc4c3oc3ccccc34)cc2)c2cc(Cl)ccc21. The van der Waals surface area contributed by atoms with Crippen molar-refractivity contribution in [1.82, 2.24) is 0 Å². The maximum Gasteiger partial charge on any atom is 0.149 e. The van der Waals surface area contributed by atoms with E-state index in [2.05, 4.69) is 119 Å². The third-order valence-corrected chi connectivity index (χ3v) is 9.60. The van der Waals surface area contributed by atoms with Crippen molar-refractivity contribution in [2.75, 3.05) is 0 Å². The van der Waals surface area contributed by atoms with Gasteiger partial charge in [0.1, 0.15) is 34.7 Å². The maximum atomic E-state index is 6.72. The molecule has 0 spiro atoms. The summed E-state index contributed by atoms with van der Waals surface area (Å²) in [6.07, 6.45) is 6.64. The van der Waals surface area contributed by atoms with Gasteiger partial charge in [0.15, 0.2) is 0 Å². The van der Waals surface area contributed by atoms with E-state index in [9.17, 15) is 0 Å². The zero-order valence-corrected chi connectivity index (χ0v) is 25.3. The van der Waals surface area contributed by atoms with Gasteiger partial charge in [0.25, 0.3) is 0 Å². The first-order chi connectivity index (χ1) is 20.9. The van der Waals surface area contributed by atoms with Crippen molar-refractivity contribution in [3.63, 3.8) is 0 Å². The number of allylic oxidation sites excluding steroid dienone is 4. The highest BCUT2D eigenvalue weighted by Gasteiger charge is 2.44. The molecule has 0 N–H and O–H groups in total. The summed E-state index contributed by atoms with van der Waals surface area (Å²) >= 11 is 6.72. The highest BCUT2D eigenvalue weighted by atomic mass is 35.5. The second-order valence-corrected chi connectivity index (χ2v) is 11.9. The Balaban J connectivity index is 1.44. The summed E-state index contributed by atoms with van der Waals surface area (Å²) in [7, 11) is 6.34. The molecule has 0 fully saturated rings. The van der Waals surface area contributed by atoms with Crippen LogP contribution in [0.5, 0.6) is 0 Å². The van der Waals surface area contributed by atoms with E-state index < -0.39 is 5.41 Å². The number of benzene rings is 5. The average molecular weight is 569 g/mol. The van der Waals surface area contributed by atoms with Crippen LogP contribution in [0.1, 0.15) is 28.7 Å². The van der Waals surface area contributed by atoms with E-state index in [1.807, 2.05) is 26.0 Å². The van der Waals surface area contributed by atoms with Crippen LogP contribution in [0.25, 0.3) is 38.6 Å². The Hall–Kier alpha value is -4.58. The van der Waals surface area contributed by atoms with Crippen molar-refractivity contribution in [2.24, 2.45) is 0 Å². The monoisotopic (exact) mass is 568 g/mol. The molecule has 1 aromatic heterocycles. The third kappa shape index (κ3) is 4.31. The van der Waals surface area contributed by atoms with Crippen molar-refractivity contribution in [1.29, 1.82) is 0 Å². The summed E-state index contributed by atoms with van der Waals surface area (Å²) in [5, 5.41) is 3.00. The van der Waals surface area contributed by atoms with Crippen molar-refractivity contribution in [3.8, 4) is 23.5 Å². The lowest BCUT2D eigenvalue weighted by atomic mass is 9.66. The Morgan fingerprint density at radius 3 is 2.21 bits per heavy atom. The second-order valence-electron chi connectivity index (χ2n) is 11.5.